The van der Waals surface area contributed by atoms with Crippen LogP contribution in [0.4, 0.5) is 5.69 Å². The van der Waals surface area contributed by atoms with E-state index in [0.717, 1.165) is 0 Å². The molecular weight excluding hydrogens is 321 g/mol. The second-order valence-corrected chi connectivity index (χ2v) is 5.70. The highest BCUT2D eigenvalue weighted by Gasteiger charge is 2.12. The summed E-state index contributed by atoms with van der Waals surface area (Å²) in [6, 6.07) is 9.11. The van der Waals surface area contributed by atoms with Gasteiger partial charge in [-0.3, -0.25) is 14.9 Å². The minimum Gasteiger partial charge on any atom is -0.298 e. The predicted octanol–water partition coefficient (Wildman–Crippen LogP) is 4.87. The summed E-state index contributed by atoms with van der Waals surface area (Å²) < 4.78 is 0. The number of nitro benzene ring substituents is 1. The zero-order valence-corrected chi connectivity index (χ0v) is 12.2. The summed E-state index contributed by atoms with van der Waals surface area (Å²) in [5.74, 6) is 0. The summed E-state index contributed by atoms with van der Waals surface area (Å²) in [5.41, 5.74) is 0.119. The first-order valence-corrected chi connectivity index (χ1v) is 6.95. The summed E-state index contributed by atoms with van der Waals surface area (Å²) in [6.45, 7) is 0. The molecule has 0 spiro atoms. The average Bonchev–Trinajstić information content (AvgIpc) is 2.42. The van der Waals surface area contributed by atoms with Gasteiger partial charge < -0.3 is 0 Å². The molecule has 0 radical (unpaired) electrons. The second-order valence-electron chi connectivity index (χ2n) is 3.77. The van der Waals surface area contributed by atoms with Crippen LogP contribution in [0.2, 0.25) is 10.0 Å². The molecule has 0 amide bonds. The minimum absolute atomic E-state index is 0.126. The third kappa shape index (κ3) is 3.30. The second kappa shape index (κ2) is 6.26. The van der Waals surface area contributed by atoms with E-state index in [0.29, 0.717) is 26.1 Å². The van der Waals surface area contributed by atoms with Crippen LogP contribution in [0.5, 0.6) is 0 Å². The zero-order chi connectivity index (χ0) is 14.7. The lowest BCUT2D eigenvalue weighted by Crippen LogP contribution is -1.92. The van der Waals surface area contributed by atoms with Gasteiger partial charge >= 0.3 is 0 Å². The summed E-state index contributed by atoms with van der Waals surface area (Å²) >= 11 is 13.1. The van der Waals surface area contributed by atoms with E-state index in [2.05, 4.69) is 0 Å². The Morgan fingerprint density at radius 3 is 2.40 bits per heavy atom. The van der Waals surface area contributed by atoms with Crippen molar-refractivity contribution in [3.63, 3.8) is 0 Å². The number of carbonyl (C=O) groups excluding carboxylic acids is 1. The lowest BCUT2D eigenvalue weighted by Gasteiger charge is -2.06. The van der Waals surface area contributed by atoms with Crippen molar-refractivity contribution < 1.29 is 9.72 Å². The van der Waals surface area contributed by atoms with Crippen LogP contribution < -0.4 is 0 Å². The van der Waals surface area contributed by atoms with E-state index in [1.54, 1.807) is 18.2 Å². The number of nitro groups is 1. The number of hydrogen-bond donors (Lipinski definition) is 0. The van der Waals surface area contributed by atoms with E-state index in [4.69, 9.17) is 23.2 Å². The Balaban J connectivity index is 2.38. The Morgan fingerprint density at radius 1 is 1.10 bits per heavy atom. The molecule has 2 aromatic carbocycles. The minimum atomic E-state index is -0.545. The van der Waals surface area contributed by atoms with Crippen molar-refractivity contribution in [1.82, 2.24) is 0 Å². The molecule has 0 aliphatic heterocycles. The van der Waals surface area contributed by atoms with Gasteiger partial charge in [-0.1, -0.05) is 35.0 Å². The van der Waals surface area contributed by atoms with Crippen molar-refractivity contribution >= 4 is 46.9 Å². The van der Waals surface area contributed by atoms with E-state index in [-0.39, 0.29) is 11.3 Å². The molecule has 4 nitrogen and oxygen atoms in total. The summed E-state index contributed by atoms with van der Waals surface area (Å²) in [5, 5.41) is 11.6. The Bertz CT molecular complexity index is 691. The maximum atomic E-state index is 11.0. The van der Waals surface area contributed by atoms with Crippen molar-refractivity contribution in [1.29, 1.82) is 0 Å². The molecule has 0 aliphatic rings. The van der Waals surface area contributed by atoms with E-state index in [9.17, 15) is 14.9 Å². The first kappa shape index (κ1) is 14.8. The van der Waals surface area contributed by atoms with Crippen LogP contribution >= 0.6 is 35.0 Å². The molecule has 0 bridgehead atoms. The molecule has 0 heterocycles. The highest BCUT2D eigenvalue weighted by atomic mass is 35.5. The van der Waals surface area contributed by atoms with E-state index in [1.165, 1.54) is 30.0 Å². The lowest BCUT2D eigenvalue weighted by atomic mass is 10.2. The fourth-order valence-electron chi connectivity index (χ4n) is 1.51. The molecule has 102 valence electrons. The van der Waals surface area contributed by atoms with Gasteiger partial charge in [-0.15, -0.1) is 0 Å². The fraction of sp³-hybridized carbons (Fsp3) is 0. The Morgan fingerprint density at radius 2 is 1.80 bits per heavy atom. The van der Waals surface area contributed by atoms with Crippen molar-refractivity contribution in [3.05, 3.63) is 62.1 Å². The van der Waals surface area contributed by atoms with Gasteiger partial charge in [0.25, 0.3) is 5.69 Å². The van der Waals surface area contributed by atoms with Gasteiger partial charge in [-0.25, -0.2) is 0 Å². The van der Waals surface area contributed by atoms with Gasteiger partial charge in [0.05, 0.1) is 9.95 Å². The molecule has 7 heteroatoms. The molecule has 0 unspecified atom stereocenters. The molecule has 0 fully saturated rings. The topological polar surface area (TPSA) is 60.2 Å². The third-order valence-corrected chi connectivity index (χ3v) is 4.27. The SMILES string of the molecule is O=Cc1cc([N+](=O)[O-])ccc1Sc1ccc(Cl)cc1Cl. The number of rotatable bonds is 4. The van der Waals surface area contributed by atoms with E-state index >= 15 is 0 Å². The lowest BCUT2D eigenvalue weighted by molar-refractivity contribution is -0.384. The molecule has 0 aliphatic carbocycles. The quantitative estimate of drug-likeness (QED) is 0.456. The smallest absolute Gasteiger partial charge is 0.270 e. The van der Waals surface area contributed by atoms with Crippen LogP contribution in [-0.2, 0) is 0 Å². The highest BCUT2D eigenvalue weighted by Crippen LogP contribution is 2.36. The van der Waals surface area contributed by atoms with Crippen molar-refractivity contribution in [3.8, 4) is 0 Å². The van der Waals surface area contributed by atoms with Crippen molar-refractivity contribution in [2.24, 2.45) is 0 Å². The Labute approximate surface area is 128 Å². The number of nitrogens with zero attached hydrogens (tertiary/aromatic N) is 1. The summed E-state index contributed by atoms with van der Waals surface area (Å²) in [6.07, 6.45) is 0.582. The maximum Gasteiger partial charge on any atom is 0.270 e. The van der Waals surface area contributed by atoms with E-state index < -0.39 is 4.92 Å². The number of halogens is 2. The Kier molecular flexibility index (Phi) is 4.65. The largest absolute Gasteiger partial charge is 0.298 e. The first-order chi connectivity index (χ1) is 9.51. The third-order valence-electron chi connectivity index (χ3n) is 2.44. The number of hydrogen-bond acceptors (Lipinski definition) is 4. The van der Waals surface area contributed by atoms with E-state index in [1.807, 2.05) is 0 Å². The molecule has 20 heavy (non-hydrogen) atoms. The normalized spacial score (nSPS) is 10.3. The standard InChI is InChI=1S/C13H7Cl2NO3S/c14-9-1-3-13(11(15)6-9)20-12-4-2-10(16(18)19)5-8(12)7-17/h1-7H. The van der Waals surface area contributed by atoms with Crippen LogP contribution in [0.15, 0.2) is 46.2 Å². The van der Waals surface area contributed by atoms with Crippen molar-refractivity contribution in [2.75, 3.05) is 0 Å². The summed E-state index contributed by atoms with van der Waals surface area (Å²) in [4.78, 5) is 22.5. The van der Waals surface area contributed by atoms with Gasteiger partial charge in [0, 0.05) is 32.5 Å². The van der Waals surface area contributed by atoms with Gasteiger partial charge in [-0.2, -0.15) is 0 Å². The zero-order valence-electron chi connectivity index (χ0n) is 9.88. The van der Waals surface area contributed by atoms with Crippen LogP contribution in [0, 0.1) is 10.1 Å². The maximum absolute atomic E-state index is 11.0. The molecule has 2 rings (SSSR count). The van der Waals surface area contributed by atoms with Crippen LogP contribution in [-0.4, -0.2) is 11.2 Å². The van der Waals surface area contributed by atoms with Crippen LogP contribution in [0.3, 0.4) is 0 Å². The molecule has 0 N–H and O–H groups in total. The van der Waals surface area contributed by atoms with Gasteiger partial charge in [-0.05, 0) is 24.3 Å². The summed E-state index contributed by atoms with van der Waals surface area (Å²) in [7, 11) is 0. The fourth-order valence-corrected chi connectivity index (χ4v) is 2.93. The van der Waals surface area contributed by atoms with Gasteiger partial charge in [0.2, 0.25) is 0 Å². The van der Waals surface area contributed by atoms with Crippen LogP contribution in [0.25, 0.3) is 0 Å². The van der Waals surface area contributed by atoms with Gasteiger partial charge in [0.15, 0.2) is 6.29 Å². The van der Waals surface area contributed by atoms with Crippen LogP contribution in [0.1, 0.15) is 10.4 Å². The highest BCUT2D eigenvalue weighted by molar-refractivity contribution is 7.99. The average molecular weight is 328 g/mol. The molecule has 2 aromatic rings. The molecular formula is C13H7Cl2NO3S. The Hall–Kier alpha value is -1.56. The molecule has 0 atom stereocenters. The molecule has 0 saturated carbocycles. The monoisotopic (exact) mass is 327 g/mol. The van der Waals surface area contributed by atoms with Crippen molar-refractivity contribution in [2.45, 2.75) is 9.79 Å². The predicted molar refractivity (Wildman–Crippen MR) is 79.1 cm³/mol. The molecule has 0 aromatic heterocycles. The van der Waals surface area contributed by atoms with Gasteiger partial charge in [0.1, 0.15) is 0 Å². The number of benzene rings is 2. The molecule has 0 saturated heterocycles. The first-order valence-electron chi connectivity index (χ1n) is 5.38. The number of aldehydes is 1. The number of carbonyl (C=O) groups is 1. The number of non-ortho nitro benzene ring substituents is 1.